The number of nitrogens with zero attached hydrogens (tertiary/aromatic N) is 1. The van der Waals surface area contributed by atoms with E-state index in [2.05, 4.69) is 4.98 Å². The number of hydrogen-bond donors (Lipinski definition) is 0. The average Bonchev–Trinajstić information content (AvgIpc) is 2.55. The van der Waals surface area contributed by atoms with E-state index in [0.29, 0.717) is 5.56 Å². The third-order valence-electron chi connectivity index (χ3n) is 3.37. The largest absolute Gasteiger partial charge is 0.417 e. The Morgan fingerprint density at radius 2 is 1.45 bits per heavy atom. The maximum Gasteiger partial charge on any atom is 0.417 e. The number of pyridine rings is 1. The molecule has 0 radical (unpaired) electrons. The monoisotopic (exact) mass is 299 g/mol. The topological polar surface area (TPSA) is 12.9 Å². The summed E-state index contributed by atoms with van der Waals surface area (Å²) in [5, 5.41) is 0. The van der Waals surface area contributed by atoms with E-state index in [0.717, 1.165) is 17.3 Å². The molecule has 0 fully saturated rings. The molecule has 0 spiro atoms. The normalized spacial score (nSPS) is 11.4. The first-order valence-electron chi connectivity index (χ1n) is 6.74. The van der Waals surface area contributed by atoms with Crippen LogP contribution in [-0.2, 0) is 6.18 Å². The highest BCUT2D eigenvalue weighted by atomic mass is 19.4. The Morgan fingerprint density at radius 1 is 0.727 bits per heavy atom. The van der Waals surface area contributed by atoms with Crippen molar-refractivity contribution in [2.75, 3.05) is 0 Å². The second-order valence-corrected chi connectivity index (χ2v) is 4.84. The molecule has 4 heteroatoms. The summed E-state index contributed by atoms with van der Waals surface area (Å²) < 4.78 is 39.4. The van der Waals surface area contributed by atoms with Crippen LogP contribution in [0.25, 0.3) is 22.4 Å². The molecule has 3 aromatic rings. The van der Waals surface area contributed by atoms with Gasteiger partial charge in [0.1, 0.15) is 0 Å². The van der Waals surface area contributed by atoms with Crippen LogP contribution in [0.3, 0.4) is 0 Å². The van der Waals surface area contributed by atoms with E-state index in [1.54, 1.807) is 36.5 Å². The van der Waals surface area contributed by atoms with Crippen LogP contribution >= 0.6 is 0 Å². The van der Waals surface area contributed by atoms with Gasteiger partial charge in [0.05, 0.1) is 11.3 Å². The summed E-state index contributed by atoms with van der Waals surface area (Å²) in [6.07, 6.45) is -2.72. The Balaban J connectivity index is 2.11. The molecular weight excluding hydrogens is 287 g/mol. The molecule has 3 rings (SSSR count). The zero-order chi connectivity index (χ0) is 15.6. The fourth-order valence-corrected chi connectivity index (χ4v) is 2.36. The summed E-state index contributed by atoms with van der Waals surface area (Å²) in [4.78, 5) is 4.23. The van der Waals surface area contributed by atoms with Crippen LogP contribution in [0.5, 0.6) is 0 Å². The first-order chi connectivity index (χ1) is 10.6. The first kappa shape index (κ1) is 14.3. The van der Waals surface area contributed by atoms with Gasteiger partial charge in [-0.15, -0.1) is 0 Å². The SMILES string of the molecule is FC(F)(F)c1ccccc1-c1cccc(-c2ccccn2)c1. The molecule has 0 amide bonds. The maximum absolute atomic E-state index is 13.1. The van der Waals surface area contributed by atoms with Crippen molar-refractivity contribution < 1.29 is 13.2 Å². The van der Waals surface area contributed by atoms with Crippen LogP contribution in [0.2, 0.25) is 0 Å². The molecule has 0 saturated carbocycles. The van der Waals surface area contributed by atoms with Gasteiger partial charge in [0.25, 0.3) is 0 Å². The molecule has 0 aliphatic carbocycles. The lowest BCUT2D eigenvalue weighted by molar-refractivity contribution is -0.137. The highest BCUT2D eigenvalue weighted by Crippen LogP contribution is 2.37. The van der Waals surface area contributed by atoms with Gasteiger partial charge in [0.15, 0.2) is 0 Å². The molecule has 1 heterocycles. The number of hydrogen-bond acceptors (Lipinski definition) is 1. The summed E-state index contributed by atoms with van der Waals surface area (Å²) in [5.74, 6) is 0. The summed E-state index contributed by atoms with van der Waals surface area (Å²) in [5.41, 5.74) is 1.58. The van der Waals surface area contributed by atoms with Gasteiger partial charge in [-0.2, -0.15) is 13.2 Å². The van der Waals surface area contributed by atoms with E-state index in [-0.39, 0.29) is 5.56 Å². The van der Waals surface area contributed by atoms with E-state index in [1.165, 1.54) is 12.1 Å². The van der Waals surface area contributed by atoms with Gasteiger partial charge >= 0.3 is 6.18 Å². The molecule has 22 heavy (non-hydrogen) atoms. The van der Waals surface area contributed by atoms with Gasteiger partial charge in [0, 0.05) is 11.8 Å². The molecule has 0 bridgehead atoms. The Bertz CT molecular complexity index is 780. The van der Waals surface area contributed by atoms with Gasteiger partial charge in [-0.05, 0) is 35.4 Å². The van der Waals surface area contributed by atoms with Crippen LogP contribution in [0, 0.1) is 0 Å². The zero-order valence-electron chi connectivity index (χ0n) is 11.5. The number of rotatable bonds is 2. The summed E-state index contributed by atoms with van der Waals surface area (Å²) in [7, 11) is 0. The van der Waals surface area contributed by atoms with Gasteiger partial charge in [-0.25, -0.2) is 0 Å². The van der Waals surface area contributed by atoms with Crippen molar-refractivity contribution in [3.05, 3.63) is 78.5 Å². The van der Waals surface area contributed by atoms with Crippen molar-refractivity contribution in [2.45, 2.75) is 6.18 Å². The molecule has 0 atom stereocenters. The first-order valence-corrected chi connectivity index (χ1v) is 6.74. The predicted molar refractivity (Wildman–Crippen MR) is 80.1 cm³/mol. The zero-order valence-corrected chi connectivity index (χ0v) is 11.5. The molecular formula is C18H12F3N. The van der Waals surface area contributed by atoms with Crippen molar-refractivity contribution >= 4 is 0 Å². The van der Waals surface area contributed by atoms with E-state index in [4.69, 9.17) is 0 Å². The number of aromatic nitrogens is 1. The fraction of sp³-hybridized carbons (Fsp3) is 0.0556. The van der Waals surface area contributed by atoms with Crippen molar-refractivity contribution in [1.29, 1.82) is 0 Å². The van der Waals surface area contributed by atoms with Crippen LogP contribution in [0.15, 0.2) is 72.9 Å². The summed E-state index contributed by atoms with van der Waals surface area (Å²) in [6.45, 7) is 0. The molecule has 1 aromatic heterocycles. The summed E-state index contributed by atoms with van der Waals surface area (Å²) >= 11 is 0. The van der Waals surface area contributed by atoms with E-state index >= 15 is 0 Å². The molecule has 0 unspecified atom stereocenters. The van der Waals surface area contributed by atoms with Crippen LogP contribution in [0.1, 0.15) is 5.56 Å². The Kier molecular flexibility index (Phi) is 3.67. The van der Waals surface area contributed by atoms with E-state index in [1.807, 2.05) is 18.2 Å². The number of halogens is 3. The molecule has 0 aliphatic heterocycles. The smallest absolute Gasteiger partial charge is 0.256 e. The van der Waals surface area contributed by atoms with Crippen molar-refractivity contribution in [1.82, 2.24) is 4.98 Å². The van der Waals surface area contributed by atoms with E-state index < -0.39 is 11.7 Å². The minimum atomic E-state index is -4.38. The number of benzene rings is 2. The highest BCUT2D eigenvalue weighted by molar-refractivity contribution is 5.73. The highest BCUT2D eigenvalue weighted by Gasteiger charge is 2.33. The molecule has 110 valence electrons. The lowest BCUT2D eigenvalue weighted by Gasteiger charge is -2.13. The third-order valence-corrected chi connectivity index (χ3v) is 3.37. The van der Waals surface area contributed by atoms with Crippen molar-refractivity contribution in [2.24, 2.45) is 0 Å². The molecule has 0 saturated heterocycles. The van der Waals surface area contributed by atoms with Crippen LogP contribution < -0.4 is 0 Å². The Hall–Kier alpha value is -2.62. The van der Waals surface area contributed by atoms with Crippen molar-refractivity contribution in [3.8, 4) is 22.4 Å². The minimum Gasteiger partial charge on any atom is -0.256 e. The van der Waals surface area contributed by atoms with Gasteiger partial charge in [0.2, 0.25) is 0 Å². The molecule has 1 nitrogen and oxygen atoms in total. The fourth-order valence-electron chi connectivity index (χ4n) is 2.36. The Labute approximate surface area is 126 Å². The van der Waals surface area contributed by atoms with E-state index in [9.17, 15) is 13.2 Å². The van der Waals surface area contributed by atoms with Crippen molar-refractivity contribution in [3.63, 3.8) is 0 Å². The lowest BCUT2D eigenvalue weighted by Crippen LogP contribution is -2.06. The molecule has 0 N–H and O–H groups in total. The molecule has 0 aliphatic rings. The van der Waals surface area contributed by atoms with Gasteiger partial charge in [-0.1, -0.05) is 42.5 Å². The second kappa shape index (κ2) is 5.64. The van der Waals surface area contributed by atoms with Gasteiger partial charge in [-0.3, -0.25) is 4.98 Å². The number of alkyl halides is 3. The molecule has 2 aromatic carbocycles. The standard InChI is InChI=1S/C18H12F3N/c19-18(20,21)16-9-2-1-8-15(16)13-6-5-7-14(12-13)17-10-3-4-11-22-17/h1-12H. The quantitative estimate of drug-likeness (QED) is 0.614. The third kappa shape index (κ3) is 2.86. The summed E-state index contributed by atoms with van der Waals surface area (Å²) in [6, 6.07) is 18.0. The minimum absolute atomic E-state index is 0.174. The van der Waals surface area contributed by atoms with Crippen LogP contribution in [-0.4, -0.2) is 4.98 Å². The lowest BCUT2D eigenvalue weighted by atomic mass is 9.97. The average molecular weight is 299 g/mol. The second-order valence-electron chi connectivity index (χ2n) is 4.84. The maximum atomic E-state index is 13.1. The Morgan fingerprint density at radius 3 is 2.18 bits per heavy atom. The van der Waals surface area contributed by atoms with Gasteiger partial charge < -0.3 is 0 Å². The predicted octanol–water partition coefficient (Wildman–Crippen LogP) is 5.43. The van der Waals surface area contributed by atoms with Crippen LogP contribution in [0.4, 0.5) is 13.2 Å².